The molecule has 0 aliphatic rings. The van der Waals surface area contributed by atoms with Crippen molar-refractivity contribution in [3.63, 3.8) is 0 Å². The van der Waals surface area contributed by atoms with E-state index in [-0.39, 0.29) is 35.7 Å². The normalized spacial score (nSPS) is 10.8. The average molecular weight is 708 g/mol. The molecule has 0 saturated carbocycles. The van der Waals surface area contributed by atoms with Crippen LogP contribution in [-0.2, 0) is 33.0 Å². The zero-order chi connectivity index (χ0) is 35.1. The van der Waals surface area contributed by atoms with Gasteiger partial charge < -0.3 is 31.8 Å². The molecule has 3 heterocycles. The molecule has 0 bridgehead atoms. The topological polar surface area (TPSA) is 168 Å². The summed E-state index contributed by atoms with van der Waals surface area (Å²) < 4.78 is 82.3. The predicted molar refractivity (Wildman–Crippen MR) is 165 cm³/mol. The first kappa shape index (κ1) is 41.5. The zero-order valence-corrected chi connectivity index (χ0v) is 27.4. The summed E-state index contributed by atoms with van der Waals surface area (Å²) in [5.41, 5.74) is 15.2. The molecule has 0 atom stereocenters. The number of aryl methyl sites for hydroxylation is 1. The third kappa shape index (κ3) is 14.4. The van der Waals surface area contributed by atoms with Gasteiger partial charge in [-0.3, -0.25) is 4.79 Å². The fourth-order valence-electron chi connectivity index (χ4n) is 2.64. The Balaban J connectivity index is 0.000000611. The molecule has 45 heavy (non-hydrogen) atoms. The Morgan fingerprint density at radius 3 is 1.67 bits per heavy atom. The first-order valence-corrected chi connectivity index (χ1v) is 15.7. The number of nitrogens with two attached hydrogens (primary N) is 3. The van der Waals surface area contributed by atoms with Crippen molar-refractivity contribution in [3.05, 3.63) is 48.0 Å². The summed E-state index contributed by atoms with van der Waals surface area (Å²) in [7, 11) is 0. The van der Waals surface area contributed by atoms with Crippen molar-refractivity contribution in [1.82, 2.24) is 0 Å². The maximum atomic E-state index is 12.4. The van der Waals surface area contributed by atoms with E-state index in [0.717, 1.165) is 34.1 Å². The van der Waals surface area contributed by atoms with Crippen LogP contribution in [0.1, 0.15) is 83.5 Å². The summed E-state index contributed by atoms with van der Waals surface area (Å²) in [6.45, 7) is 9.20. The Hall–Kier alpha value is -3.51. The summed E-state index contributed by atoms with van der Waals surface area (Å²) in [6, 6.07) is 0. The number of esters is 2. The SMILES string of the molecule is CCC(=O)O.CCCOC(=O)c1scc(C(F)(F)F)c1N.CCc1csc(C(=O)OC(C)C)c1N.Nc1cscc1C(F)(F)F. The van der Waals surface area contributed by atoms with Crippen molar-refractivity contribution in [2.45, 2.75) is 72.3 Å². The van der Waals surface area contributed by atoms with Crippen molar-refractivity contribution >= 4 is 69.0 Å². The average Bonchev–Trinajstić information content (AvgIpc) is 3.65. The minimum Gasteiger partial charge on any atom is -0.481 e. The molecule has 0 aliphatic carbocycles. The number of thiophene rings is 3. The van der Waals surface area contributed by atoms with E-state index in [1.807, 2.05) is 26.2 Å². The van der Waals surface area contributed by atoms with E-state index < -0.39 is 41.1 Å². The van der Waals surface area contributed by atoms with E-state index >= 15 is 0 Å². The van der Waals surface area contributed by atoms with Gasteiger partial charge in [0, 0.05) is 22.6 Å². The van der Waals surface area contributed by atoms with Crippen LogP contribution in [0.15, 0.2) is 21.5 Å². The number of nitrogen functional groups attached to an aromatic ring is 3. The highest BCUT2D eigenvalue weighted by Crippen LogP contribution is 2.39. The minimum atomic E-state index is -4.54. The molecular weight excluding hydrogens is 673 g/mol. The number of alkyl halides is 6. The molecule has 0 fully saturated rings. The first-order chi connectivity index (χ1) is 20.7. The summed E-state index contributed by atoms with van der Waals surface area (Å²) >= 11 is 2.94. The summed E-state index contributed by atoms with van der Waals surface area (Å²) in [5.74, 6) is -1.87. The number of hydrogen-bond donors (Lipinski definition) is 4. The van der Waals surface area contributed by atoms with Crippen LogP contribution < -0.4 is 17.2 Å². The van der Waals surface area contributed by atoms with Gasteiger partial charge in [-0.05, 0) is 37.6 Å². The number of carboxylic acids is 1. The Bertz CT molecular complexity index is 1370. The number of anilines is 3. The van der Waals surface area contributed by atoms with Crippen molar-refractivity contribution in [3.8, 4) is 0 Å². The van der Waals surface area contributed by atoms with Crippen LogP contribution in [0.25, 0.3) is 0 Å². The summed E-state index contributed by atoms with van der Waals surface area (Å²) in [6.07, 6.45) is -7.27. The van der Waals surface area contributed by atoms with Gasteiger partial charge in [-0.1, -0.05) is 20.8 Å². The number of aliphatic carboxylic acids is 1. The van der Waals surface area contributed by atoms with Gasteiger partial charge in [0.15, 0.2) is 0 Å². The number of halogens is 6. The molecule has 0 aliphatic heterocycles. The van der Waals surface area contributed by atoms with Crippen LogP contribution in [0.4, 0.5) is 43.4 Å². The van der Waals surface area contributed by atoms with Gasteiger partial charge in [0.25, 0.3) is 0 Å². The standard InChI is InChI=1S/C10H15NO2S.C9H10F3NO2S.C5H4F3NS.C3H6O2/c1-4-7-5-14-9(8(7)11)10(12)13-6(2)3;1-2-3-15-8(14)7-6(13)5(4-16-7)9(10,11)12;6-5(7,8)3-1-10-2-4(3)9;1-2-3(4)5/h5-6H,4,11H2,1-3H3;4H,2-3,13H2,1H3;1-2H,9H2;2H2,1H3,(H,4,5). The van der Waals surface area contributed by atoms with E-state index in [9.17, 15) is 40.7 Å². The van der Waals surface area contributed by atoms with Crippen LogP contribution in [0.2, 0.25) is 0 Å². The van der Waals surface area contributed by atoms with Crippen molar-refractivity contribution < 1.29 is 55.3 Å². The quantitative estimate of drug-likeness (QED) is 0.140. The smallest absolute Gasteiger partial charge is 0.419 e. The Labute approximate surface area is 267 Å². The molecule has 0 aromatic carbocycles. The van der Waals surface area contributed by atoms with Crippen molar-refractivity contribution in [1.29, 1.82) is 0 Å². The van der Waals surface area contributed by atoms with Crippen LogP contribution in [0, 0.1) is 0 Å². The fraction of sp³-hybridized carbons (Fsp3) is 0.444. The van der Waals surface area contributed by atoms with E-state index in [1.54, 1.807) is 13.8 Å². The Kier molecular flexibility index (Phi) is 17.6. The molecule has 254 valence electrons. The second-order valence-corrected chi connectivity index (χ2v) is 11.3. The van der Waals surface area contributed by atoms with Crippen molar-refractivity contribution in [2.75, 3.05) is 23.8 Å². The Morgan fingerprint density at radius 1 is 0.822 bits per heavy atom. The third-order valence-corrected chi connectivity index (χ3v) is 7.64. The molecule has 0 radical (unpaired) electrons. The summed E-state index contributed by atoms with van der Waals surface area (Å²) in [4.78, 5) is 32.5. The molecule has 9 nitrogen and oxygen atoms in total. The minimum absolute atomic E-state index is 0.103. The number of ether oxygens (including phenoxy) is 2. The molecule has 0 amide bonds. The van der Waals surface area contributed by atoms with Crippen LogP contribution in [-0.4, -0.2) is 35.7 Å². The predicted octanol–water partition coefficient (Wildman–Crippen LogP) is 8.20. The molecule has 3 rings (SSSR count). The molecule has 0 unspecified atom stereocenters. The second kappa shape index (κ2) is 19.1. The first-order valence-electron chi connectivity index (χ1n) is 13.0. The highest BCUT2D eigenvalue weighted by molar-refractivity contribution is 7.13. The number of rotatable bonds is 7. The fourth-order valence-corrected chi connectivity index (χ4v) is 5.24. The largest absolute Gasteiger partial charge is 0.481 e. The lowest BCUT2D eigenvalue weighted by Crippen LogP contribution is -2.11. The van der Waals surface area contributed by atoms with Crippen LogP contribution >= 0.6 is 34.0 Å². The highest BCUT2D eigenvalue weighted by Gasteiger charge is 2.36. The van der Waals surface area contributed by atoms with Crippen LogP contribution in [0.3, 0.4) is 0 Å². The highest BCUT2D eigenvalue weighted by atomic mass is 32.1. The number of carbonyl (C=O) groups is 3. The van der Waals surface area contributed by atoms with Crippen LogP contribution in [0.5, 0.6) is 0 Å². The number of carbonyl (C=O) groups excluding carboxylic acids is 2. The number of hydrogen-bond acceptors (Lipinski definition) is 11. The lowest BCUT2D eigenvalue weighted by Gasteiger charge is -2.06. The molecule has 0 saturated heterocycles. The monoisotopic (exact) mass is 707 g/mol. The lowest BCUT2D eigenvalue weighted by molar-refractivity contribution is -0.137. The molecule has 18 heteroatoms. The maximum Gasteiger partial charge on any atom is 0.419 e. The second-order valence-electron chi connectivity index (χ2n) is 8.82. The number of carboxylic acid groups (broad SMARTS) is 1. The van der Waals surface area contributed by atoms with Gasteiger partial charge >= 0.3 is 30.3 Å². The molecule has 3 aromatic rings. The van der Waals surface area contributed by atoms with E-state index in [0.29, 0.717) is 28.3 Å². The maximum absolute atomic E-state index is 12.4. The van der Waals surface area contributed by atoms with Gasteiger partial charge in [0.1, 0.15) is 9.75 Å². The van der Waals surface area contributed by atoms with E-state index in [2.05, 4.69) is 0 Å². The van der Waals surface area contributed by atoms with Gasteiger partial charge in [-0.15, -0.1) is 34.0 Å². The zero-order valence-electron chi connectivity index (χ0n) is 24.9. The van der Waals surface area contributed by atoms with Crippen molar-refractivity contribution in [2.24, 2.45) is 0 Å². The summed E-state index contributed by atoms with van der Waals surface area (Å²) in [5, 5.41) is 12.7. The molecule has 7 N–H and O–H groups in total. The van der Waals surface area contributed by atoms with Gasteiger partial charge in [-0.25, -0.2) is 9.59 Å². The van der Waals surface area contributed by atoms with Gasteiger partial charge in [0.05, 0.1) is 40.9 Å². The van der Waals surface area contributed by atoms with Gasteiger partial charge in [0.2, 0.25) is 0 Å². The molecular formula is C27H35F6N3O6S3. The van der Waals surface area contributed by atoms with Gasteiger partial charge in [-0.2, -0.15) is 26.3 Å². The molecule has 0 spiro atoms. The van der Waals surface area contributed by atoms with E-state index in [1.165, 1.54) is 16.7 Å². The Morgan fingerprint density at radius 2 is 1.33 bits per heavy atom. The van der Waals surface area contributed by atoms with E-state index in [4.69, 9.17) is 31.8 Å². The lowest BCUT2D eigenvalue weighted by atomic mass is 10.2. The third-order valence-electron chi connectivity index (χ3n) is 4.88. The molecule has 3 aromatic heterocycles.